The molecule has 0 aromatic heterocycles. The van der Waals surface area contributed by atoms with Gasteiger partial charge in [0.15, 0.2) is 23.6 Å². The van der Waals surface area contributed by atoms with Crippen LogP contribution in [0.2, 0.25) is 0 Å². The number of piperidine rings is 1. The lowest BCUT2D eigenvalue weighted by atomic mass is 9.71. The van der Waals surface area contributed by atoms with Crippen LogP contribution in [0.5, 0.6) is 11.5 Å². The Labute approximate surface area is 243 Å². The van der Waals surface area contributed by atoms with Gasteiger partial charge in [0.05, 0.1) is 25.2 Å². The van der Waals surface area contributed by atoms with Crippen molar-refractivity contribution in [2.45, 2.75) is 76.1 Å². The molecule has 2 aromatic carbocycles. The molecule has 2 aromatic rings. The number of carbonyl (C=O) groups is 1. The fourth-order valence-corrected chi connectivity index (χ4v) is 8.06. The number of quaternary nitrogens is 1. The minimum absolute atomic E-state index is 0.0473. The second-order valence-electron chi connectivity index (χ2n) is 12.6. The molecule has 0 radical (unpaired) electrons. The lowest BCUT2D eigenvalue weighted by molar-refractivity contribution is -0.740. The summed E-state index contributed by atoms with van der Waals surface area (Å²) in [6, 6.07) is 8.54. The van der Waals surface area contributed by atoms with E-state index < -0.39 is 10.1 Å². The first-order valence-corrected chi connectivity index (χ1v) is 15.9. The molecular formula is C31H43N2O7S+. The Morgan fingerprint density at radius 1 is 1.02 bits per heavy atom. The molecule has 6 atom stereocenters. The number of rotatable bonds is 7. The maximum Gasteiger partial charge on any atom is 0.365 e. The number of aryl methyl sites for hydroxylation is 1. The van der Waals surface area contributed by atoms with E-state index in [4.69, 9.17) is 14.2 Å². The van der Waals surface area contributed by atoms with Crippen LogP contribution in [0.15, 0.2) is 35.2 Å². The monoisotopic (exact) mass is 587 g/mol. The van der Waals surface area contributed by atoms with Crippen molar-refractivity contribution in [3.05, 3.63) is 52.6 Å². The lowest BCUT2D eigenvalue weighted by Crippen LogP contribution is -3.04. The fraction of sp³-hybridized carbons (Fsp3) is 0.581. The van der Waals surface area contributed by atoms with Gasteiger partial charge in [-0.15, -0.1) is 0 Å². The number of fused-ring (bicyclic) bond motifs is 5. The third-order valence-corrected chi connectivity index (χ3v) is 9.96. The average molecular weight is 588 g/mol. The van der Waals surface area contributed by atoms with Gasteiger partial charge in [0, 0.05) is 30.8 Å². The third-order valence-electron chi connectivity index (χ3n) is 9.04. The van der Waals surface area contributed by atoms with E-state index in [9.17, 15) is 17.8 Å². The normalized spacial score (nSPS) is 28.1. The maximum atomic E-state index is 13.1. The minimum atomic E-state index is -4.47. The Balaban J connectivity index is 1.72. The molecule has 5 rings (SSSR count). The Morgan fingerprint density at radius 2 is 1.68 bits per heavy atom. The molecule has 10 heteroatoms. The Morgan fingerprint density at radius 3 is 2.27 bits per heavy atom. The summed E-state index contributed by atoms with van der Waals surface area (Å²) in [6.45, 7) is 11.6. The molecule has 3 heterocycles. The molecule has 0 spiro atoms. The largest absolute Gasteiger partial charge is 0.493 e. The van der Waals surface area contributed by atoms with Crippen molar-refractivity contribution in [2.24, 2.45) is 17.8 Å². The lowest BCUT2D eigenvalue weighted by Gasteiger charge is -2.53. The summed E-state index contributed by atoms with van der Waals surface area (Å²) in [5, 5.41) is 2.21. The number of carbonyl (C=O) groups excluding carboxylic acids is 1. The van der Waals surface area contributed by atoms with Gasteiger partial charge in [0.25, 0.3) is 10.1 Å². The van der Waals surface area contributed by atoms with Crippen LogP contribution >= 0.6 is 0 Å². The Bertz CT molecular complexity index is 1420. The van der Waals surface area contributed by atoms with Crippen LogP contribution in [0.3, 0.4) is 0 Å². The van der Waals surface area contributed by atoms with Crippen LogP contribution < -0.4 is 14.8 Å². The Hall–Kier alpha value is -2.66. The highest BCUT2D eigenvalue weighted by atomic mass is 32.2. The van der Waals surface area contributed by atoms with Gasteiger partial charge < -0.3 is 19.5 Å². The number of methoxy groups -OCH3 is 2. The molecule has 2 fully saturated rings. The zero-order valence-corrected chi connectivity index (χ0v) is 25.8. The molecule has 9 nitrogen and oxygen atoms in total. The predicted molar refractivity (Wildman–Crippen MR) is 154 cm³/mol. The summed E-state index contributed by atoms with van der Waals surface area (Å²) in [5.41, 5.74) is 3.38. The van der Waals surface area contributed by atoms with Crippen molar-refractivity contribution in [3.63, 3.8) is 0 Å². The van der Waals surface area contributed by atoms with Gasteiger partial charge >= 0.3 is 5.97 Å². The van der Waals surface area contributed by atoms with E-state index in [1.807, 2.05) is 39.0 Å². The van der Waals surface area contributed by atoms with Crippen molar-refractivity contribution in [2.75, 3.05) is 27.3 Å². The van der Waals surface area contributed by atoms with Crippen LogP contribution in [0.25, 0.3) is 0 Å². The summed E-state index contributed by atoms with van der Waals surface area (Å²) in [7, 11) is -1.28. The number of benzene rings is 2. The molecule has 2 unspecified atom stereocenters. The number of nitrogens with two attached hydrogens (primary N) is 1. The van der Waals surface area contributed by atoms with Gasteiger partial charge in [0.1, 0.15) is 6.04 Å². The summed E-state index contributed by atoms with van der Waals surface area (Å²) in [6.07, 6.45) is 0.660. The van der Waals surface area contributed by atoms with E-state index >= 15 is 0 Å². The smallest absolute Gasteiger partial charge is 0.365 e. The summed E-state index contributed by atoms with van der Waals surface area (Å²) >= 11 is 0. The molecule has 3 N–H and O–H groups in total. The highest BCUT2D eigenvalue weighted by Gasteiger charge is 2.56. The number of morpholine rings is 1. The van der Waals surface area contributed by atoms with Gasteiger partial charge in [-0.2, -0.15) is 8.42 Å². The van der Waals surface area contributed by atoms with Crippen LogP contribution in [-0.2, 0) is 19.6 Å². The van der Waals surface area contributed by atoms with Crippen molar-refractivity contribution in [1.82, 2.24) is 4.90 Å². The van der Waals surface area contributed by atoms with Crippen LogP contribution in [0.4, 0.5) is 0 Å². The molecule has 0 bridgehead atoms. The number of nitrogens with zero attached hydrogens (tertiary/aromatic N) is 1. The zero-order chi connectivity index (χ0) is 29.8. The number of ether oxygens (including phenoxy) is 3. The highest BCUT2D eigenvalue weighted by molar-refractivity contribution is 7.85. The SMILES string of the molecule is COc1cc2c(cc1OC)[C@H]1C3[NH2+][C@@H](C(C)C)C(=O)O[C@H]3[C@H](CC(C)C)CN1CC2c1cc(C)ccc1S(=O)(=O)O. The van der Waals surface area contributed by atoms with E-state index in [0.717, 1.165) is 23.1 Å². The molecular weight excluding hydrogens is 544 g/mol. The first kappa shape index (κ1) is 29.8. The van der Waals surface area contributed by atoms with Gasteiger partial charge in [-0.1, -0.05) is 45.4 Å². The minimum Gasteiger partial charge on any atom is -0.493 e. The molecule has 0 aliphatic carbocycles. The van der Waals surface area contributed by atoms with Gasteiger partial charge in [-0.3, -0.25) is 9.45 Å². The van der Waals surface area contributed by atoms with E-state index in [1.54, 1.807) is 20.3 Å². The number of esters is 1. The van der Waals surface area contributed by atoms with Crippen molar-refractivity contribution < 1.29 is 37.3 Å². The standard InChI is InChI=1S/C31H42N2O7S/c1-16(2)10-19-14-33-15-23(21-11-18(5)8-9-26(21)41(35,36)37)20-12-24(38-6)25(39-7)13-22(20)29(33)28-30(19)40-31(34)27(32-28)17(3)4/h8-9,11-13,16-17,19,23,27-30,32H,10,14-15H2,1-7H3,(H,35,36,37)/p+1/t19-,23?,27+,28?,29+,30+/m1/s1. The van der Waals surface area contributed by atoms with E-state index in [1.165, 1.54) is 6.07 Å². The number of hydrogen-bond donors (Lipinski definition) is 2. The van der Waals surface area contributed by atoms with Gasteiger partial charge in [0.2, 0.25) is 0 Å². The van der Waals surface area contributed by atoms with Crippen LogP contribution in [-0.4, -0.2) is 69.3 Å². The quantitative estimate of drug-likeness (QED) is 0.374. The predicted octanol–water partition coefficient (Wildman–Crippen LogP) is 3.31. The van der Waals surface area contributed by atoms with E-state index in [-0.39, 0.29) is 52.8 Å². The number of hydrogen-bond acceptors (Lipinski definition) is 7. The topological polar surface area (TPSA) is 119 Å². The zero-order valence-electron chi connectivity index (χ0n) is 25.0. The maximum absolute atomic E-state index is 13.1. The third kappa shape index (κ3) is 5.47. The first-order valence-electron chi connectivity index (χ1n) is 14.5. The Kier molecular flexibility index (Phi) is 8.15. The fourth-order valence-electron chi connectivity index (χ4n) is 7.32. The highest BCUT2D eigenvalue weighted by Crippen LogP contribution is 2.49. The molecule has 3 aliphatic heterocycles. The van der Waals surface area contributed by atoms with E-state index in [2.05, 4.69) is 24.1 Å². The molecule has 2 saturated heterocycles. The second kappa shape index (κ2) is 11.2. The second-order valence-corrected chi connectivity index (χ2v) is 14.0. The van der Waals surface area contributed by atoms with Crippen LogP contribution in [0, 0.1) is 24.7 Å². The van der Waals surface area contributed by atoms with Gasteiger partial charge in [-0.05, 0) is 54.2 Å². The average Bonchev–Trinajstić information content (AvgIpc) is 2.90. The molecule has 0 amide bonds. The van der Waals surface area contributed by atoms with E-state index in [0.29, 0.717) is 36.1 Å². The first-order chi connectivity index (χ1) is 19.3. The van der Waals surface area contributed by atoms with Gasteiger partial charge in [-0.25, -0.2) is 4.79 Å². The summed E-state index contributed by atoms with van der Waals surface area (Å²) in [4.78, 5) is 15.5. The summed E-state index contributed by atoms with van der Waals surface area (Å²) in [5.74, 6) is 1.29. The molecule has 0 saturated carbocycles. The summed E-state index contributed by atoms with van der Waals surface area (Å²) < 4.78 is 53.0. The molecule has 41 heavy (non-hydrogen) atoms. The molecule has 224 valence electrons. The molecule has 3 aliphatic rings. The van der Waals surface area contributed by atoms with Crippen molar-refractivity contribution >= 4 is 16.1 Å². The van der Waals surface area contributed by atoms with Crippen molar-refractivity contribution in [3.8, 4) is 11.5 Å². The van der Waals surface area contributed by atoms with Crippen molar-refractivity contribution in [1.29, 1.82) is 0 Å². The van der Waals surface area contributed by atoms with Crippen LogP contribution in [0.1, 0.15) is 68.3 Å².